The monoisotopic (exact) mass is 248 g/mol. The lowest BCUT2D eigenvalue weighted by molar-refractivity contribution is -0.129. The topological polar surface area (TPSA) is 50.3 Å². The number of nitrogens with zero attached hydrogens (tertiary/aromatic N) is 2. The highest BCUT2D eigenvalue weighted by Gasteiger charge is 2.28. The first-order chi connectivity index (χ1) is 8.34. The fraction of sp³-hybridized carbons (Fsp3) is 0.500. The minimum Gasteiger partial charge on any atom is -0.274 e. The zero-order valence-corrected chi connectivity index (χ0v) is 11.6. The number of aromatic nitrogens is 1. The lowest BCUT2D eigenvalue weighted by atomic mass is 10.1. The van der Waals surface area contributed by atoms with Gasteiger partial charge in [0.1, 0.15) is 5.82 Å². The predicted octanol–water partition coefficient (Wildman–Crippen LogP) is 2.56. The Labute approximate surface area is 108 Å². The molecule has 0 aromatic carbocycles. The molecule has 98 valence electrons. The Hall–Kier alpha value is -1.71. The zero-order chi connectivity index (χ0) is 13.9. The van der Waals surface area contributed by atoms with Gasteiger partial charge in [0.15, 0.2) is 0 Å². The first-order valence-corrected chi connectivity index (χ1v) is 6.15. The third-order valence-corrected chi connectivity index (χ3v) is 2.56. The lowest BCUT2D eigenvalue weighted by Gasteiger charge is -2.23. The van der Waals surface area contributed by atoms with Crippen molar-refractivity contribution in [2.45, 2.75) is 34.6 Å². The number of hydrogen-bond donors (Lipinski definition) is 0. The van der Waals surface area contributed by atoms with Crippen LogP contribution in [-0.2, 0) is 9.59 Å². The van der Waals surface area contributed by atoms with E-state index in [4.69, 9.17) is 0 Å². The summed E-state index contributed by atoms with van der Waals surface area (Å²) in [6.45, 7) is 9.01. The van der Waals surface area contributed by atoms with Gasteiger partial charge in [0.2, 0.25) is 11.8 Å². The van der Waals surface area contributed by atoms with Crippen molar-refractivity contribution in [1.82, 2.24) is 4.98 Å². The van der Waals surface area contributed by atoms with Crippen LogP contribution < -0.4 is 4.90 Å². The summed E-state index contributed by atoms with van der Waals surface area (Å²) in [5.74, 6) is -0.504. The second-order valence-electron chi connectivity index (χ2n) is 5.01. The fourth-order valence-corrected chi connectivity index (χ4v) is 1.49. The number of anilines is 1. The van der Waals surface area contributed by atoms with E-state index in [1.807, 2.05) is 13.0 Å². The van der Waals surface area contributed by atoms with Crippen molar-refractivity contribution in [3.63, 3.8) is 0 Å². The van der Waals surface area contributed by atoms with Crippen LogP contribution in [0.25, 0.3) is 0 Å². The summed E-state index contributed by atoms with van der Waals surface area (Å²) in [7, 11) is 0. The van der Waals surface area contributed by atoms with E-state index >= 15 is 0 Å². The van der Waals surface area contributed by atoms with E-state index in [2.05, 4.69) is 4.98 Å². The van der Waals surface area contributed by atoms with Gasteiger partial charge in [-0.25, -0.2) is 9.88 Å². The van der Waals surface area contributed by atoms with Crippen LogP contribution in [0.15, 0.2) is 18.3 Å². The molecule has 0 aliphatic heterocycles. The van der Waals surface area contributed by atoms with Gasteiger partial charge in [0, 0.05) is 18.0 Å². The van der Waals surface area contributed by atoms with Crippen LogP contribution >= 0.6 is 0 Å². The minimum absolute atomic E-state index is 0.216. The molecule has 0 atom stereocenters. The summed E-state index contributed by atoms with van der Waals surface area (Å²) in [5.41, 5.74) is 0.970. The fourth-order valence-electron chi connectivity index (χ4n) is 1.49. The number of aryl methyl sites for hydroxylation is 1. The van der Waals surface area contributed by atoms with Gasteiger partial charge in [-0.2, -0.15) is 0 Å². The van der Waals surface area contributed by atoms with E-state index in [-0.39, 0.29) is 23.7 Å². The smallest absolute Gasteiger partial charge is 0.237 e. The largest absolute Gasteiger partial charge is 0.274 e. The van der Waals surface area contributed by atoms with Gasteiger partial charge in [-0.1, -0.05) is 27.7 Å². The molecule has 1 aromatic heterocycles. The molecule has 0 bridgehead atoms. The van der Waals surface area contributed by atoms with Gasteiger partial charge in [-0.3, -0.25) is 9.59 Å². The quantitative estimate of drug-likeness (QED) is 0.826. The van der Waals surface area contributed by atoms with Crippen LogP contribution in [0, 0.1) is 18.8 Å². The summed E-state index contributed by atoms with van der Waals surface area (Å²) < 4.78 is 0. The first kappa shape index (κ1) is 14.4. The Kier molecular flexibility index (Phi) is 4.59. The molecule has 2 amide bonds. The van der Waals surface area contributed by atoms with Crippen molar-refractivity contribution >= 4 is 17.6 Å². The average Bonchev–Trinajstić information content (AvgIpc) is 2.28. The Morgan fingerprint density at radius 1 is 1.11 bits per heavy atom. The normalized spacial score (nSPS) is 10.8. The van der Waals surface area contributed by atoms with Crippen molar-refractivity contribution in [2.75, 3.05) is 4.90 Å². The molecule has 4 nitrogen and oxygen atoms in total. The number of rotatable bonds is 3. The molecule has 4 heteroatoms. The van der Waals surface area contributed by atoms with Gasteiger partial charge in [0.05, 0.1) is 0 Å². The molecule has 18 heavy (non-hydrogen) atoms. The van der Waals surface area contributed by atoms with Crippen molar-refractivity contribution in [1.29, 1.82) is 0 Å². The molecular weight excluding hydrogens is 228 g/mol. The molecular formula is C14H20N2O2. The van der Waals surface area contributed by atoms with E-state index < -0.39 is 0 Å². The molecule has 0 radical (unpaired) electrons. The van der Waals surface area contributed by atoms with E-state index in [0.717, 1.165) is 5.56 Å². The number of imide groups is 1. The molecule has 0 saturated heterocycles. The van der Waals surface area contributed by atoms with Gasteiger partial charge < -0.3 is 0 Å². The summed E-state index contributed by atoms with van der Waals surface area (Å²) >= 11 is 0. The molecule has 0 aliphatic rings. The number of carbonyl (C=O) groups excluding carboxylic acids is 2. The highest BCUT2D eigenvalue weighted by Crippen LogP contribution is 2.18. The standard InChI is InChI=1S/C14H20N2O2/c1-9(2)13(17)16(14(18)10(3)4)12-8-11(5)6-7-15-12/h6-10H,1-5H3. The van der Waals surface area contributed by atoms with Crippen molar-refractivity contribution in [3.05, 3.63) is 23.9 Å². The van der Waals surface area contributed by atoms with E-state index in [0.29, 0.717) is 5.82 Å². The third-order valence-electron chi connectivity index (χ3n) is 2.56. The maximum absolute atomic E-state index is 12.2. The van der Waals surface area contributed by atoms with Crippen LogP contribution in [-0.4, -0.2) is 16.8 Å². The predicted molar refractivity (Wildman–Crippen MR) is 71.1 cm³/mol. The number of hydrogen-bond acceptors (Lipinski definition) is 3. The average molecular weight is 248 g/mol. The van der Waals surface area contributed by atoms with Crippen LogP contribution in [0.3, 0.4) is 0 Å². The molecule has 1 heterocycles. The second-order valence-corrected chi connectivity index (χ2v) is 5.01. The summed E-state index contributed by atoms with van der Waals surface area (Å²) in [5, 5.41) is 0. The SMILES string of the molecule is Cc1ccnc(N(C(=O)C(C)C)C(=O)C(C)C)c1. The van der Waals surface area contributed by atoms with Crippen LogP contribution in [0.4, 0.5) is 5.82 Å². The van der Waals surface area contributed by atoms with E-state index in [1.165, 1.54) is 4.90 Å². The Bertz CT molecular complexity index is 433. The molecule has 1 rings (SSSR count). The third kappa shape index (κ3) is 3.15. The molecule has 0 N–H and O–H groups in total. The lowest BCUT2D eigenvalue weighted by Crippen LogP contribution is -2.42. The summed E-state index contributed by atoms with van der Waals surface area (Å²) in [4.78, 5) is 29.7. The second kappa shape index (κ2) is 5.76. The first-order valence-electron chi connectivity index (χ1n) is 6.15. The Morgan fingerprint density at radius 3 is 2.00 bits per heavy atom. The zero-order valence-electron chi connectivity index (χ0n) is 11.6. The maximum Gasteiger partial charge on any atom is 0.237 e. The summed E-state index contributed by atoms with van der Waals surface area (Å²) in [6.07, 6.45) is 1.61. The van der Waals surface area contributed by atoms with Gasteiger partial charge in [-0.05, 0) is 24.6 Å². The molecule has 0 aliphatic carbocycles. The van der Waals surface area contributed by atoms with Crippen molar-refractivity contribution in [2.24, 2.45) is 11.8 Å². The summed E-state index contributed by atoms with van der Waals surface area (Å²) in [6, 6.07) is 3.59. The van der Waals surface area contributed by atoms with Crippen molar-refractivity contribution in [3.8, 4) is 0 Å². The maximum atomic E-state index is 12.2. The molecule has 1 aromatic rings. The Morgan fingerprint density at radius 2 is 1.61 bits per heavy atom. The van der Waals surface area contributed by atoms with E-state index in [1.54, 1.807) is 40.0 Å². The number of amides is 2. The highest BCUT2D eigenvalue weighted by atomic mass is 16.2. The number of carbonyl (C=O) groups is 2. The molecule has 0 saturated carbocycles. The van der Waals surface area contributed by atoms with Crippen LogP contribution in [0.1, 0.15) is 33.3 Å². The van der Waals surface area contributed by atoms with Crippen molar-refractivity contribution < 1.29 is 9.59 Å². The van der Waals surface area contributed by atoms with Crippen LogP contribution in [0.5, 0.6) is 0 Å². The van der Waals surface area contributed by atoms with E-state index in [9.17, 15) is 9.59 Å². The molecule has 0 unspecified atom stereocenters. The minimum atomic E-state index is -0.241. The molecule has 0 spiro atoms. The Balaban J connectivity index is 3.20. The number of pyridine rings is 1. The van der Waals surface area contributed by atoms with Crippen LogP contribution in [0.2, 0.25) is 0 Å². The van der Waals surface area contributed by atoms with Gasteiger partial charge in [0.25, 0.3) is 0 Å². The van der Waals surface area contributed by atoms with Gasteiger partial charge in [-0.15, -0.1) is 0 Å². The molecule has 0 fully saturated rings. The van der Waals surface area contributed by atoms with Gasteiger partial charge >= 0.3 is 0 Å². The highest BCUT2D eigenvalue weighted by molar-refractivity contribution is 6.15.